The van der Waals surface area contributed by atoms with Crippen molar-refractivity contribution in [3.8, 4) is 5.75 Å². The van der Waals surface area contributed by atoms with Gasteiger partial charge in [-0.05, 0) is 78.5 Å². The highest BCUT2D eigenvalue weighted by atomic mass is 16.6. The van der Waals surface area contributed by atoms with Gasteiger partial charge in [0.2, 0.25) is 17.5 Å². The molecule has 0 aliphatic heterocycles. The van der Waals surface area contributed by atoms with Crippen LogP contribution < -0.4 is 21.3 Å². The second-order valence-corrected chi connectivity index (χ2v) is 15.2. The monoisotopic (exact) mass is 680 g/mol. The zero-order valence-corrected chi connectivity index (χ0v) is 29.7. The van der Waals surface area contributed by atoms with Crippen LogP contribution in [0.3, 0.4) is 0 Å². The van der Waals surface area contributed by atoms with Crippen LogP contribution >= 0.6 is 0 Å². The fourth-order valence-electron chi connectivity index (χ4n) is 4.62. The molecule has 2 atom stereocenters. The van der Waals surface area contributed by atoms with E-state index >= 15 is 0 Å². The molecule has 270 valence electrons. The van der Waals surface area contributed by atoms with Crippen molar-refractivity contribution in [3.05, 3.63) is 29.8 Å². The lowest BCUT2D eigenvalue weighted by Crippen LogP contribution is -2.72. The van der Waals surface area contributed by atoms with Gasteiger partial charge in [-0.15, -0.1) is 0 Å². The second kappa shape index (κ2) is 15.2. The minimum absolute atomic E-state index is 0.0151. The summed E-state index contributed by atoms with van der Waals surface area (Å²) in [6, 6.07) is 6.00. The zero-order valence-electron chi connectivity index (χ0n) is 29.7. The number of ether oxygens (including phenoxy) is 2. The number of nitrogens with one attached hydrogen (secondary N) is 4. The molecule has 1 rings (SSSR count). The SMILES string of the molecule is CC(C)(C)OC(=O)N[C@@](Cc1ccc(O)cc1)(C(=O)NC(C)(C)C(=O)N[C@@](CCC(=O)O)(OC(C)(C)C)C(=O)NCC(=O)O)C(C)(C)C. The fraction of sp³-hybridized carbons (Fsp3) is 0.636. The van der Waals surface area contributed by atoms with Crippen LogP contribution in [0.5, 0.6) is 5.75 Å². The van der Waals surface area contributed by atoms with E-state index in [9.17, 15) is 39.0 Å². The predicted octanol–water partition coefficient (Wildman–Crippen LogP) is 2.83. The summed E-state index contributed by atoms with van der Waals surface area (Å²) in [5.41, 5.74) is -8.54. The third-order valence-electron chi connectivity index (χ3n) is 7.04. The zero-order chi connectivity index (χ0) is 37.5. The summed E-state index contributed by atoms with van der Waals surface area (Å²) in [4.78, 5) is 77.9. The van der Waals surface area contributed by atoms with Gasteiger partial charge in [0.05, 0.1) is 12.0 Å². The van der Waals surface area contributed by atoms with Gasteiger partial charge in [0.1, 0.15) is 29.0 Å². The van der Waals surface area contributed by atoms with E-state index < -0.39 is 88.6 Å². The minimum Gasteiger partial charge on any atom is -0.508 e. The first-order valence-electron chi connectivity index (χ1n) is 15.4. The molecule has 15 nitrogen and oxygen atoms in total. The maximum absolute atomic E-state index is 14.5. The predicted molar refractivity (Wildman–Crippen MR) is 175 cm³/mol. The molecule has 4 amide bonds. The van der Waals surface area contributed by atoms with Gasteiger partial charge in [-0.1, -0.05) is 32.9 Å². The summed E-state index contributed by atoms with van der Waals surface area (Å²) in [5.74, 6) is -5.63. The molecule has 0 aromatic heterocycles. The molecule has 0 radical (unpaired) electrons. The van der Waals surface area contributed by atoms with Crippen LogP contribution in [0.15, 0.2) is 24.3 Å². The van der Waals surface area contributed by atoms with Crippen LogP contribution in [0.2, 0.25) is 0 Å². The fourth-order valence-corrected chi connectivity index (χ4v) is 4.62. The number of hydrogen-bond acceptors (Lipinski definition) is 9. The van der Waals surface area contributed by atoms with Crippen LogP contribution in [0.4, 0.5) is 4.79 Å². The minimum atomic E-state index is -2.37. The number of hydrogen-bond donors (Lipinski definition) is 7. The molecule has 0 heterocycles. The maximum atomic E-state index is 14.5. The van der Waals surface area contributed by atoms with Crippen molar-refractivity contribution in [2.75, 3.05) is 6.54 Å². The van der Waals surface area contributed by atoms with Crippen LogP contribution in [0.25, 0.3) is 0 Å². The van der Waals surface area contributed by atoms with Crippen LogP contribution in [0.1, 0.15) is 94.6 Å². The van der Waals surface area contributed by atoms with E-state index in [1.165, 1.54) is 26.0 Å². The number of carbonyl (C=O) groups is 6. The smallest absolute Gasteiger partial charge is 0.408 e. The molecule has 0 aliphatic rings. The molecular formula is C33H52N4O11. The van der Waals surface area contributed by atoms with Gasteiger partial charge in [-0.25, -0.2) is 4.79 Å². The first kappa shape index (κ1) is 41.6. The van der Waals surface area contributed by atoms with Crippen molar-refractivity contribution >= 4 is 35.8 Å². The van der Waals surface area contributed by atoms with E-state index in [0.717, 1.165) is 0 Å². The Morgan fingerprint density at radius 2 is 1.23 bits per heavy atom. The molecule has 0 unspecified atom stereocenters. The second-order valence-electron chi connectivity index (χ2n) is 15.2. The number of benzene rings is 1. The molecule has 1 aromatic rings. The Morgan fingerprint density at radius 1 is 0.688 bits per heavy atom. The Hall–Kier alpha value is -4.40. The largest absolute Gasteiger partial charge is 0.508 e. The molecule has 15 heteroatoms. The molecule has 0 spiro atoms. The quantitative estimate of drug-likeness (QED) is 0.141. The van der Waals surface area contributed by atoms with Crippen molar-refractivity contribution in [1.82, 2.24) is 21.3 Å². The molecule has 7 N–H and O–H groups in total. The highest BCUT2D eigenvalue weighted by molar-refractivity contribution is 5.99. The third-order valence-corrected chi connectivity index (χ3v) is 7.04. The molecule has 48 heavy (non-hydrogen) atoms. The summed E-state index contributed by atoms with van der Waals surface area (Å²) in [7, 11) is 0. The van der Waals surface area contributed by atoms with Gasteiger partial charge in [0, 0.05) is 12.8 Å². The normalized spacial score (nSPS) is 14.8. The summed E-state index contributed by atoms with van der Waals surface area (Å²) in [5, 5.41) is 38.4. The van der Waals surface area contributed by atoms with Gasteiger partial charge < -0.3 is 46.1 Å². The summed E-state index contributed by atoms with van der Waals surface area (Å²) >= 11 is 0. The van der Waals surface area contributed by atoms with E-state index in [-0.39, 0.29) is 12.2 Å². The summed E-state index contributed by atoms with van der Waals surface area (Å²) in [6.07, 6.45) is -2.25. The van der Waals surface area contributed by atoms with Crippen molar-refractivity contribution < 1.29 is 53.6 Å². The molecular weight excluding hydrogens is 628 g/mol. The average molecular weight is 681 g/mol. The number of carboxylic acids is 2. The molecule has 0 saturated carbocycles. The van der Waals surface area contributed by atoms with Crippen molar-refractivity contribution in [1.29, 1.82) is 0 Å². The van der Waals surface area contributed by atoms with Crippen molar-refractivity contribution in [3.63, 3.8) is 0 Å². The lowest BCUT2D eigenvalue weighted by molar-refractivity contribution is -0.184. The number of carboxylic acid groups (broad SMARTS) is 2. The maximum Gasteiger partial charge on any atom is 0.408 e. The summed E-state index contributed by atoms with van der Waals surface area (Å²) in [6.45, 7) is 16.5. The third kappa shape index (κ3) is 12.3. The Labute approximate surface area is 281 Å². The number of aliphatic carboxylic acids is 2. The number of amides is 4. The highest BCUT2D eigenvalue weighted by Gasteiger charge is 2.53. The topological polar surface area (TPSA) is 230 Å². The highest BCUT2D eigenvalue weighted by Crippen LogP contribution is 2.36. The number of alkyl carbamates (subject to hydrolysis) is 1. The lowest BCUT2D eigenvalue weighted by Gasteiger charge is -2.46. The Bertz CT molecular complexity index is 1360. The number of phenols is 1. The average Bonchev–Trinajstić information content (AvgIpc) is 2.88. The Morgan fingerprint density at radius 3 is 1.67 bits per heavy atom. The van der Waals surface area contributed by atoms with Gasteiger partial charge >= 0.3 is 18.0 Å². The number of phenolic OH excluding ortho intramolecular Hbond substituents is 1. The lowest BCUT2D eigenvalue weighted by atomic mass is 9.69. The number of rotatable bonds is 14. The number of aromatic hydroxyl groups is 1. The standard InChI is InChI=1S/C33H52N4O11/c1-28(2,3)32(37-27(46)47-29(4,5)6,18-20-12-14-21(38)15-13-20)25(44)35-31(10,11)24(43)36-33(17-16-22(39)40,48-30(7,8)9)26(45)34-19-23(41)42/h12-15,38H,16-19H2,1-11H3,(H,34,45)(H,35,44)(H,36,43)(H,37,46)(H,39,40)(H,41,42)/t32-,33-/m0/s1. The summed E-state index contributed by atoms with van der Waals surface area (Å²) < 4.78 is 11.4. The van der Waals surface area contributed by atoms with E-state index in [2.05, 4.69) is 21.3 Å². The van der Waals surface area contributed by atoms with Crippen molar-refractivity contribution in [2.24, 2.45) is 5.41 Å². The van der Waals surface area contributed by atoms with Crippen LogP contribution in [-0.4, -0.2) is 85.6 Å². The van der Waals surface area contributed by atoms with E-state index in [0.29, 0.717) is 5.56 Å². The molecule has 0 bridgehead atoms. The number of carbonyl (C=O) groups excluding carboxylic acids is 4. The molecule has 0 aliphatic carbocycles. The van der Waals surface area contributed by atoms with Gasteiger partial charge in [0.25, 0.3) is 5.91 Å². The van der Waals surface area contributed by atoms with E-state index in [1.54, 1.807) is 74.4 Å². The first-order valence-corrected chi connectivity index (χ1v) is 15.4. The van der Waals surface area contributed by atoms with Gasteiger partial charge in [0.15, 0.2) is 0 Å². The van der Waals surface area contributed by atoms with E-state index in [4.69, 9.17) is 14.6 Å². The molecule has 0 saturated heterocycles. The first-order chi connectivity index (χ1) is 21.5. The van der Waals surface area contributed by atoms with Crippen molar-refractivity contribution in [2.45, 2.75) is 123 Å². The van der Waals surface area contributed by atoms with Gasteiger partial charge in [-0.2, -0.15) is 0 Å². The molecule has 0 fully saturated rings. The van der Waals surface area contributed by atoms with Crippen LogP contribution in [-0.2, 0) is 39.9 Å². The molecule has 1 aromatic carbocycles. The van der Waals surface area contributed by atoms with Crippen LogP contribution in [0, 0.1) is 5.41 Å². The van der Waals surface area contributed by atoms with Gasteiger partial charge in [-0.3, -0.25) is 24.0 Å². The van der Waals surface area contributed by atoms with E-state index in [1.807, 2.05) is 0 Å². The Balaban J connectivity index is 3.71. The Kier molecular flexibility index (Phi) is 13.2.